The van der Waals surface area contributed by atoms with Gasteiger partial charge in [-0.25, -0.2) is 9.78 Å². The Hall–Kier alpha value is -2.00. The highest BCUT2D eigenvalue weighted by Crippen LogP contribution is 2.29. The molecule has 3 rings (SSSR count). The summed E-state index contributed by atoms with van der Waals surface area (Å²) in [6.45, 7) is 2.15. The van der Waals surface area contributed by atoms with Gasteiger partial charge in [-0.1, -0.05) is 11.6 Å². The summed E-state index contributed by atoms with van der Waals surface area (Å²) in [5.74, 6) is -0.237. The Bertz CT molecular complexity index is 1020. The van der Waals surface area contributed by atoms with E-state index in [1.807, 2.05) is 16.8 Å². The van der Waals surface area contributed by atoms with Crippen LogP contribution in [0.15, 0.2) is 21.6 Å². The van der Waals surface area contributed by atoms with Crippen LogP contribution in [0.3, 0.4) is 0 Å². The van der Waals surface area contributed by atoms with Gasteiger partial charge in [0.2, 0.25) is 0 Å². The Balaban J connectivity index is 1.98. The molecule has 0 aliphatic rings. The van der Waals surface area contributed by atoms with E-state index < -0.39 is 5.97 Å². The lowest BCUT2D eigenvalue weighted by molar-refractivity contribution is 0.0393. The third kappa shape index (κ3) is 3.88. The minimum atomic E-state index is -0.497. The van der Waals surface area contributed by atoms with E-state index in [1.165, 1.54) is 7.11 Å². The van der Waals surface area contributed by atoms with Gasteiger partial charge in [0.15, 0.2) is 5.82 Å². The SMILES string of the molecule is COCCOC(=O)c1sc2nc(/C(Cl)=C/c3ccsc3)[nH]c(=O)c2c1C. The number of halogens is 1. The lowest BCUT2D eigenvalue weighted by Gasteiger charge is -2.02. The van der Waals surface area contributed by atoms with Gasteiger partial charge in [-0.05, 0) is 41.0 Å². The van der Waals surface area contributed by atoms with Crippen LogP contribution < -0.4 is 5.56 Å². The molecule has 0 aliphatic carbocycles. The highest BCUT2D eigenvalue weighted by atomic mass is 35.5. The van der Waals surface area contributed by atoms with E-state index in [1.54, 1.807) is 24.3 Å². The fourth-order valence-electron chi connectivity index (χ4n) is 2.31. The molecule has 0 spiro atoms. The second-order valence-electron chi connectivity index (χ2n) is 5.33. The maximum absolute atomic E-state index is 12.5. The molecule has 0 unspecified atom stereocenters. The van der Waals surface area contributed by atoms with Crippen molar-refractivity contribution in [2.45, 2.75) is 6.92 Å². The number of hydrogen-bond donors (Lipinski definition) is 1. The summed E-state index contributed by atoms with van der Waals surface area (Å²) in [6.07, 6.45) is 1.72. The van der Waals surface area contributed by atoms with Crippen molar-refractivity contribution in [3.63, 3.8) is 0 Å². The summed E-state index contributed by atoms with van der Waals surface area (Å²) in [7, 11) is 1.52. The van der Waals surface area contributed by atoms with E-state index in [0.29, 0.717) is 32.3 Å². The second kappa shape index (κ2) is 8.13. The Morgan fingerprint density at radius 3 is 2.92 bits per heavy atom. The average molecular weight is 411 g/mol. The lowest BCUT2D eigenvalue weighted by atomic mass is 10.2. The summed E-state index contributed by atoms with van der Waals surface area (Å²) in [4.78, 5) is 32.6. The number of esters is 1. The first-order chi connectivity index (χ1) is 12.5. The van der Waals surface area contributed by atoms with Crippen molar-refractivity contribution in [2.24, 2.45) is 0 Å². The van der Waals surface area contributed by atoms with Gasteiger partial charge in [0, 0.05) is 7.11 Å². The largest absolute Gasteiger partial charge is 0.459 e. The fraction of sp³-hybridized carbons (Fsp3) is 0.235. The molecule has 136 valence electrons. The first-order valence-electron chi connectivity index (χ1n) is 7.60. The Morgan fingerprint density at radius 2 is 2.23 bits per heavy atom. The predicted molar refractivity (Wildman–Crippen MR) is 105 cm³/mol. The molecule has 0 radical (unpaired) electrons. The minimum absolute atomic E-state index is 0.146. The number of aryl methyl sites for hydroxylation is 1. The molecule has 0 amide bonds. The van der Waals surface area contributed by atoms with Crippen LogP contribution in [0.5, 0.6) is 0 Å². The van der Waals surface area contributed by atoms with Gasteiger partial charge >= 0.3 is 5.97 Å². The summed E-state index contributed by atoms with van der Waals surface area (Å²) in [6, 6.07) is 1.91. The number of fused-ring (bicyclic) bond motifs is 1. The zero-order chi connectivity index (χ0) is 18.7. The standard InChI is InChI=1S/C17H15ClN2O4S2/c1-9-12-15(21)19-14(11(18)7-10-3-6-25-8-10)20-16(12)26-13(9)17(22)24-5-4-23-2/h3,6-8H,4-5H2,1-2H3,(H,19,20,21)/b11-7-. The van der Waals surface area contributed by atoms with Crippen LogP contribution in [0, 0.1) is 6.92 Å². The van der Waals surface area contributed by atoms with Gasteiger partial charge in [0.1, 0.15) is 16.3 Å². The number of aromatic nitrogens is 2. The van der Waals surface area contributed by atoms with Crippen LogP contribution in [0.25, 0.3) is 21.3 Å². The molecule has 9 heteroatoms. The third-order valence-corrected chi connectivity index (χ3v) is 5.72. The van der Waals surface area contributed by atoms with Crippen LogP contribution in [-0.4, -0.2) is 36.3 Å². The molecular formula is C17H15ClN2O4S2. The van der Waals surface area contributed by atoms with E-state index >= 15 is 0 Å². The third-order valence-electron chi connectivity index (χ3n) is 3.57. The first kappa shape index (κ1) is 18.8. The molecule has 0 aliphatic heterocycles. The molecular weight excluding hydrogens is 396 g/mol. The number of ether oxygens (including phenoxy) is 2. The Morgan fingerprint density at radius 1 is 1.42 bits per heavy atom. The number of nitrogens with one attached hydrogen (secondary N) is 1. The van der Waals surface area contributed by atoms with E-state index in [0.717, 1.165) is 16.9 Å². The van der Waals surface area contributed by atoms with Crippen LogP contribution in [0.2, 0.25) is 0 Å². The van der Waals surface area contributed by atoms with Crippen molar-refractivity contribution in [1.82, 2.24) is 9.97 Å². The Kier molecular flexibility index (Phi) is 5.87. The Labute approximate surface area is 162 Å². The number of methoxy groups -OCH3 is 1. The molecule has 0 saturated carbocycles. The summed E-state index contributed by atoms with van der Waals surface area (Å²) in [5, 5.41) is 4.55. The van der Waals surface area contributed by atoms with Gasteiger partial charge in [-0.3, -0.25) is 4.79 Å². The molecule has 3 aromatic heterocycles. The van der Waals surface area contributed by atoms with Crippen LogP contribution in [0.4, 0.5) is 0 Å². The van der Waals surface area contributed by atoms with E-state index in [2.05, 4.69) is 9.97 Å². The number of carbonyl (C=O) groups excluding carboxylic acids is 1. The van der Waals surface area contributed by atoms with Crippen molar-refractivity contribution < 1.29 is 14.3 Å². The highest BCUT2D eigenvalue weighted by molar-refractivity contribution is 7.20. The first-order valence-corrected chi connectivity index (χ1v) is 9.74. The maximum Gasteiger partial charge on any atom is 0.348 e. The number of H-pyrrole nitrogens is 1. The zero-order valence-electron chi connectivity index (χ0n) is 14.0. The molecule has 1 N–H and O–H groups in total. The summed E-state index contributed by atoms with van der Waals surface area (Å²) >= 11 is 8.95. The van der Waals surface area contributed by atoms with Crippen molar-refractivity contribution in [1.29, 1.82) is 0 Å². The number of nitrogens with zero attached hydrogens (tertiary/aromatic N) is 1. The minimum Gasteiger partial charge on any atom is -0.459 e. The molecule has 0 fully saturated rings. The quantitative estimate of drug-likeness (QED) is 0.492. The van der Waals surface area contributed by atoms with E-state index in [-0.39, 0.29) is 18.0 Å². The normalized spacial score (nSPS) is 11.9. The van der Waals surface area contributed by atoms with E-state index in [4.69, 9.17) is 21.1 Å². The van der Waals surface area contributed by atoms with E-state index in [9.17, 15) is 9.59 Å². The highest BCUT2D eigenvalue weighted by Gasteiger charge is 2.20. The van der Waals surface area contributed by atoms with Gasteiger partial charge in [-0.2, -0.15) is 11.3 Å². The zero-order valence-corrected chi connectivity index (χ0v) is 16.4. The second-order valence-corrected chi connectivity index (χ2v) is 7.51. The topological polar surface area (TPSA) is 81.3 Å². The molecule has 26 heavy (non-hydrogen) atoms. The molecule has 0 saturated heterocycles. The maximum atomic E-state index is 12.5. The van der Waals surface area contributed by atoms with Crippen molar-refractivity contribution in [2.75, 3.05) is 20.3 Å². The van der Waals surface area contributed by atoms with Crippen LogP contribution >= 0.6 is 34.3 Å². The fourth-order valence-corrected chi connectivity index (χ4v) is 4.22. The lowest BCUT2D eigenvalue weighted by Crippen LogP contribution is -2.11. The molecule has 3 aromatic rings. The van der Waals surface area contributed by atoms with Crippen molar-refractivity contribution in [3.05, 3.63) is 49.0 Å². The van der Waals surface area contributed by atoms with Gasteiger partial charge in [-0.15, -0.1) is 11.3 Å². The predicted octanol–water partition coefficient (Wildman–Crippen LogP) is 3.89. The van der Waals surface area contributed by atoms with Crippen LogP contribution in [0.1, 0.15) is 26.6 Å². The number of rotatable bonds is 6. The molecule has 0 atom stereocenters. The molecule has 3 heterocycles. The van der Waals surface area contributed by atoms with Crippen molar-refractivity contribution in [3.8, 4) is 0 Å². The van der Waals surface area contributed by atoms with Crippen molar-refractivity contribution >= 4 is 61.6 Å². The molecule has 0 bridgehead atoms. The van der Waals surface area contributed by atoms with Gasteiger partial charge in [0.05, 0.1) is 17.0 Å². The van der Waals surface area contributed by atoms with Gasteiger partial charge < -0.3 is 14.5 Å². The molecule has 6 nitrogen and oxygen atoms in total. The summed E-state index contributed by atoms with van der Waals surface area (Å²) in [5.41, 5.74) is 1.13. The average Bonchev–Trinajstić information content (AvgIpc) is 3.23. The number of hydrogen-bond acceptors (Lipinski definition) is 7. The monoisotopic (exact) mass is 410 g/mol. The number of carbonyl (C=O) groups is 1. The number of aromatic amines is 1. The van der Waals surface area contributed by atoms with Crippen LogP contribution in [-0.2, 0) is 9.47 Å². The molecule has 0 aromatic carbocycles. The summed E-state index contributed by atoms with van der Waals surface area (Å²) < 4.78 is 10.00. The van der Waals surface area contributed by atoms with Gasteiger partial charge in [0.25, 0.3) is 5.56 Å². The smallest absolute Gasteiger partial charge is 0.348 e. The number of thiophene rings is 2.